The van der Waals surface area contributed by atoms with E-state index < -0.39 is 31.7 Å². The standard InChI is InChI=1S/C26H30ClF2NO5S/c1-24(2,3)35-23(31)25(14-16-30(17-15-25)20-8-9-20)36(32,33)22-12-6-19(7-13-22)18-4-10-21(11-5-18)34-26(27,28)29/h4-7,10-13,20H,8-9,14-17H2,1-3H3. The van der Waals surface area contributed by atoms with Crippen LogP contribution in [0.15, 0.2) is 53.4 Å². The number of benzene rings is 2. The van der Waals surface area contributed by atoms with Crippen molar-refractivity contribution in [1.29, 1.82) is 0 Å². The first-order valence-corrected chi connectivity index (χ1v) is 13.7. The minimum absolute atomic E-state index is 0.0405. The van der Waals surface area contributed by atoms with Crippen LogP contribution in [-0.2, 0) is 19.4 Å². The van der Waals surface area contributed by atoms with Gasteiger partial charge in [0.2, 0.25) is 0 Å². The predicted octanol–water partition coefficient (Wildman–Crippen LogP) is 5.63. The smallest absolute Gasteiger partial charge is 0.459 e. The molecule has 10 heteroatoms. The maximum Gasteiger partial charge on any atom is 0.487 e. The summed E-state index contributed by atoms with van der Waals surface area (Å²) in [6.07, 6.45) is 2.56. The largest absolute Gasteiger partial charge is 0.487 e. The highest BCUT2D eigenvalue weighted by atomic mass is 35.5. The Morgan fingerprint density at radius 2 is 1.47 bits per heavy atom. The summed E-state index contributed by atoms with van der Waals surface area (Å²) in [5.74, 6) is -0.809. The molecule has 0 bridgehead atoms. The molecule has 0 N–H and O–H groups in total. The van der Waals surface area contributed by atoms with Crippen LogP contribution in [0.4, 0.5) is 8.78 Å². The summed E-state index contributed by atoms with van der Waals surface area (Å²) in [7, 11) is -4.07. The van der Waals surface area contributed by atoms with Crippen molar-refractivity contribution in [3.63, 3.8) is 0 Å². The zero-order valence-corrected chi connectivity index (χ0v) is 22.0. The van der Waals surface area contributed by atoms with Crippen molar-refractivity contribution in [1.82, 2.24) is 4.90 Å². The fourth-order valence-corrected chi connectivity index (χ4v) is 6.56. The zero-order chi connectivity index (χ0) is 26.4. The molecule has 1 saturated carbocycles. The van der Waals surface area contributed by atoms with E-state index in [1.54, 1.807) is 45.0 Å². The fourth-order valence-electron chi connectivity index (χ4n) is 4.54. The number of carbonyl (C=O) groups is 1. The second kappa shape index (κ2) is 9.58. The number of halogens is 3. The Balaban J connectivity index is 1.60. The number of nitrogens with zero attached hydrogens (tertiary/aromatic N) is 1. The van der Waals surface area contributed by atoms with Gasteiger partial charge in [0.25, 0.3) is 0 Å². The summed E-state index contributed by atoms with van der Waals surface area (Å²) in [6, 6.07) is 12.5. The van der Waals surface area contributed by atoms with E-state index in [9.17, 15) is 22.0 Å². The molecule has 0 amide bonds. The molecule has 2 aliphatic rings. The molecule has 1 aliphatic heterocycles. The quantitative estimate of drug-likeness (QED) is 0.334. The van der Waals surface area contributed by atoms with Crippen LogP contribution in [0.25, 0.3) is 11.1 Å². The van der Waals surface area contributed by atoms with Gasteiger partial charge in [0.15, 0.2) is 14.6 Å². The molecule has 2 aromatic rings. The van der Waals surface area contributed by atoms with Gasteiger partial charge in [-0.25, -0.2) is 8.42 Å². The molecule has 36 heavy (non-hydrogen) atoms. The van der Waals surface area contributed by atoms with Gasteiger partial charge >= 0.3 is 11.5 Å². The summed E-state index contributed by atoms with van der Waals surface area (Å²) >= 11 is 4.80. The second-order valence-electron chi connectivity index (χ2n) is 10.4. The molecule has 2 aromatic carbocycles. The number of likely N-dealkylation sites (tertiary alicyclic amines) is 1. The van der Waals surface area contributed by atoms with Gasteiger partial charge in [-0.05, 0) is 81.8 Å². The van der Waals surface area contributed by atoms with E-state index in [2.05, 4.69) is 9.64 Å². The average Bonchev–Trinajstić information content (AvgIpc) is 3.63. The lowest BCUT2D eigenvalue weighted by molar-refractivity contribution is -0.159. The van der Waals surface area contributed by atoms with Crippen molar-refractivity contribution < 1.29 is 31.5 Å². The van der Waals surface area contributed by atoms with E-state index in [0.29, 0.717) is 30.3 Å². The van der Waals surface area contributed by atoms with Crippen molar-refractivity contribution in [2.24, 2.45) is 0 Å². The molecule has 0 atom stereocenters. The Labute approximate surface area is 215 Å². The average molecular weight is 542 g/mol. The minimum atomic E-state index is -4.07. The van der Waals surface area contributed by atoms with E-state index in [1.165, 1.54) is 24.3 Å². The van der Waals surface area contributed by atoms with Crippen LogP contribution in [-0.4, -0.2) is 54.3 Å². The van der Waals surface area contributed by atoms with Crippen LogP contribution in [0.3, 0.4) is 0 Å². The summed E-state index contributed by atoms with van der Waals surface area (Å²) in [6.45, 7) is 6.23. The molecule has 1 aliphatic carbocycles. The molecule has 196 valence electrons. The highest BCUT2D eigenvalue weighted by molar-refractivity contribution is 7.93. The van der Waals surface area contributed by atoms with Gasteiger partial charge in [0, 0.05) is 30.7 Å². The Morgan fingerprint density at radius 3 is 1.92 bits per heavy atom. The van der Waals surface area contributed by atoms with Gasteiger partial charge in [0.1, 0.15) is 11.4 Å². The first kappa shape index (κ1) is 26.8. The molecule has 2 fully saturated rings. The fraction of sp³-hybridized carbons (Fsp3) is 0.500. The number of alkyl halides is 3. The molecule has 6 nitrogen and oxygen atoms in total. The third kappa shape index (κ3) is 5.84. The molecular weight excluding hydrogens is 512 g/mol. The van der Waals surface area contributed by atoms with Crippen LogP contribution < -0.4 is 4.74 Å². The maximum absolute atomic E-state index is 13.9. The Bertz CT molecular complexity index is 1190. The molecule has 0 spiro atoms. The molecule has 0 radical (unpaired) electrons. The maximum atomic E-state index is 13.9. The predicted molar refractivity (Wildman–Crippen MR) is 133 cm³/mol. The number of esters is 1. The van der Waals surface area contributed by atoms with Gasteiger partial charge in [-0.15, -0.1) is 8.78 Å². The highest BCUT2D eigenvalue weighted by Crippen LogP contribution is 2.41. The molecule has 1 heterocycles. The summed E-state index contributed by atoms with van der Waals surface area (Å²) in [5, 5.41) is 0. The molecule has 0 aromatic heterocycles. The first-order valence-electron chi connectivity index (χ1n) is 11.9. The Kier molecular flexibility index (Phi) is 7.13. The van der Waals surface area contributed by atoms with E-state index >= 15 is 0 Å². The summed E-state index contributed by atoms with van der Waals surface area (Å²) < 4.78 is 61.8. The lowest BCUT2D eigenvalue weighted by Gasteiger charge is -2.40. The van der Waals surface area contributed by atoms with E-state index in [1.807, 2.05) is 0 Å². The third-order valence-electron chi connectivity index (χ3n) is 6.54. The molecule has 1 saturated heterocycles. The number of ether oxygens (including phenoxy) is 2. The second-order valence-corrected chi connectivity index (χ2v) is 13.1. The van der Waals surface area contributed by atoms with E-state index in [-0.39, 0.29) is 23.5 Å². The number of sulfone groups is 1. The van der Waals surface area contributed by atoms with Crippen molar-refractivity contribution in [2.45, 2.75) is 73.3 Å². The van der Waals surface area contributed by atoms with Crippen LogP contribution in [0.5, 0.6) is 5.75 Å². The molecule has 4 rings (SSSR count). The zero-order valence-electron chi connectivity index (χ0n) is 20.5. The van der Waals surface area contributed by atoms with Crippen molar-refractivity contribution in [3.8, 4) is 16.9 Å². The van der Waals surface area contributed by atoms with Crippen molar-refractivity contribution in [2.75, 3.05) is 13.1 Å². The Morgan fingerprint density at radius 1 is 0.972 bits per heavy atom. The van der Waals surface area contributed by atoms with Gasteiger partial charge in [0.05, 0.1) is 4.90 Å². The van der Waals surface area contributed by atoms with Crippen molar-refractivity contribution in [3.05, 3.63) is 48.5 Å². The first-order chi connectivity index (χ1) is 16.7. The van der Waals surface area contributed by atoms with Gasteiger partial charge in [-0.1, -0.05) is 24.3 Å². The van der Waals surface area contributed by atoms with E-state index in [4.69, 9.17) is 16.3 Å². The number of hydrogen-bond acceptors (Lipinski definition) is 6. The number of carbonyl (C=O) groups excluding carboxylic acids is 1. The lowest BCUT2D eigenvalue weighted by atomic mass is 9.95. The third-order valence-corrected chi connectivity index (χ3v) is 9.11. The summed E-state index contributed by atoms with van der Waals surface area (Å²) in [5.41, 5.74) is -3.28. The molecule has 0 unspecified atom stereocenters. The number of hydrogen-bond donors (Lipinski definition) is 0. The topological polar surface area (TPSA) is 72.9 Å². The minimum Gasteiger partial charge on any atom is -0.459 e. The van der Waals surface area contributed by atoms with Crippen LogP contribution in [0.2, 0.25) is 0 Å². The van der Waals surface area contributed by atoms with Gasteiger partial charge in [-0.2, -0.15) is 0 Å². The van der Waals surface area contributed by atoms with Gasteiger partial charge < -0.3 is 14.4 Å². The summed E-state index contributed by atoms with van der Waals surface area (Å²) in [4.78, 5) is 15.7. The van der Waals surface area contributed by atoms with Crippen LogP contribution in [0, 0.1) is 0 Å². The van der Waals surface area contributed by atoms with Crippen LogP contribution in [0.1, 0.15) is 46.5 Å². The highest BCUT2D eigenvalue weighted by Gasteiger charge is 2.55. The van der Waals surface area contributed by atoms with Crippen molar-refractivity contribution >= 4 is 27.4 Å². The lowest BCUT2D eigenvalue weighted by Crippen LogP contribution is -2.56. The van der Waals surface area contributed by atoms with E-state index in [0.717, 1.165) is 12.8 Å². The monoisotopic (exact) mass is 541 g/mol. The van der Waals surface area contributed by atoms with Crippen LogP contribution >= 0.6 is 11.6 Å². The molecular formula is C26H30ClF2NO5S. The normalized spacial score (nSPS) is 19.1. The Hall–Kier alpha value is -2.23. The van der Waals surface area contributed by atoms with Gasteiger partial charge in [-0.3, -0.25) is 4.79 Å². The number of piperidine rings is 1. The number of rotatable bonds is 7. The SMILES string of the molecule is CC(C)(C)OC(=O)C1(S(=O)(=O)c2ccc(-c3ccc(OC(F)(F)Cl)cc3)cc2)CCN(C2CC2)CC1.